The first kappa shape index (κ1) is 9.57. The monoisotopic (exact) mass is 191 g/mol. The van der Waals surface area contributed by atoms with Gasteiger partial charge in [0.25, 0.3) is 0 Å². The van der Waals surface area contributed by atoms with Crippen LogP contribution in [0.2, 0.25) is 0 Å². The summed E-state index contributed by atoms with van der Waals surface area (Å²) in [6.07, 6.45) is 5.76. The molecule has 13 heavy (non-hydrogen) atoms. The molecule has 0 atom stereocenters. The van der Waals surface area contributed by atoms with Gasteiger partial charge in [-0.2, -0.15) is 9.64 Å². The zero-order valence-electron chi connectivity index (χ0n) is 7.29. The Kier molecular flexibility index (Phi) is 3.31. The van der Waals surface area contributed by atoms with Crippen LogP contribution in [0, 0.1) is 30.6 Å². The zero-order chi connectivity index (χ0) is 9.68. The van der Waals surface area contributed by atoms with Gasteiger partial charge in [0.05, 0.1) is 5.69 Å². The second kappa shape index (κ2) is 4.49. The number of nitrogens with zero attached hydrogens (tertiary/aromatic N) is 2. The molecule has 0 spiro atoms. The third-order valence-corrected chi connectivity index (χ3v) is 2.43. The van der Waals surface area contributed by atoms with E-state index in [9.17, 15) is 0 Å². The quantitative estimate of drug-likeness (QED) is 0.585. The van der Waals surface area contributed by atoms with E-state index in [-0.39, 0.29) is 0 Å². The van der Waals surface area contributed by atoms with Crippen LogP contribution < -0.4 is 5.32 Å². The fraction of sp³-hybridized carbons (Fsp3) is 0.333. The second-order valence-electron chi connectivity index (χ2n) is 2.46. The van der Waals surface area contributed by atoms with Crippen molar-refractivity contribution >= 4 is 16.5 Å². The van der Waals surface area contributed by atoms with Crippen LogP contribution in [0.3, 0.4) is 0 Å². The van der Waals surface area contributed by atoms with Crippen LogP contribution in [0.5, 0.6) is 0 Å². The topological polar surface area (TPSA) is 48.7 Å². The third-order valence-electron chi connectivity index (χ3n) is 1.53. The van der Waals surface area contributed by atoms with E-state index >= 15 is 0 Å². The highest BCUT2D eigenvalue weighted by Gasteiger charge is 2.08. The number of hydrogen-bond acceptors (Lipinski definition) is 4. The normalized spacial score (nSPS) is 8.85. The molecule has 0 bridgehead atoms. The van der Waals surface area contributed by atoms with E-state index in [1.807, 2.05) is 6.92 Å². The maximum absolute atomic E-state index is 8.78. The summed E-state index contributed by atoms with van der Waals surface area (Å²) in [5, 5.41) is 12.7. The van der Waals surface area contributed by atoms with Gasteiger partial charge in [0.2, 0.25) is 0 Å². The summed E-state index contributed by atoms with van der Waals surface area (Å²) in [5.74, 6) is 2.52. The van der Waals surface area contributed by atoms with Gasteiger partial charge >= 0.3 is 0 Å². The van der Waals surface area contributed by atoms with Crippen molar-refractivity contribution in [1.82, 2.24) is 4.37 Å². The maximum atomic E-state index is 8.78. The van der Waals surface area contributed by atoms with E-state index < -0.39 is 0 Å². The number of hydrogen-bond donors (Lipinski definition) is 1. The molecule has 1 aromatic rings. The van der Waals surface area contributed by atoms with E-state index in [2.05, 4.69) is 21.7 Å². The summed E-state index contributed by atoms with van der Waals surface area (Å²) < 4.78 is 4.07. The van der Waals surface area contributed by atoms with Crippen LogP contribution >= 0.6 is 11.5 Å². The van der Waals surface area contributed by atoms with Crippen molar-refractivity contribution in [1.29, 1.82) is 5.26 Å². The Morgan fingerprint density at radius 3 is 3.08 bits per heavy atom. The van der Waals surface area contributed by atoms with E-state index in [0.29, 0.717) is 18.5 Å². The van der Waals surface area contributed by atoms with Crippen LogP contribution in [0.15, 0.2) is 0 Å². The highest BCUT2D eigenvalue weighted by molar-refractivity contribution is 7.10. The van der Waals surface area contributed by atoms with E-state index in [1.54, 1.807) is 0 Å². The first-order valence-corrected chi connectivity index (χ1v) is 4.60. The molecule has 3 nitrogen and oxygen atoms in total. The fourth-order valence-corrected chi connectivity index (χ4v) is 1.64. The highest BCUT2D eigenvalue weighted by atomic mass is 32.1. The smallest absolute Gasteiger partial charge is 0.127 e. The lowest BCUT2D eigenvalue weighted by Gasteiger charge is -1.98. The molecule has 0 saturated heterocycles. The predicted molar refractivity (Wildman–Crippen MR) is 53.5 cm³/mol. The van der Waals surface area contributed by atoms with Gasteiger partial charge in [-0.1, -0.05) is 0 Å². The molecule has 0 aliphatic heterocycles. The molecule has 0 saturated carbocycles. The molecule has 4 heteroatoms. The van der Waals surface area contributed by atoms with Crippen LogP contribution in [0.1, 0.15) is 17.7 Å². The lowest BCUT2D eigenvalue weighted by molar-refractivity contribution is 1.10. The number of terminal acetylenes is 1. The molecule has 0 aliphatic rings. The number of rotatable bonds is 3. The van der Waals surface area contributed by atoms with Crippen LogP contribution in [-0.4, -0.2) is 10.9 Å². The molecular formula is C9H9N3S. The van der Waals surface area contributed by atoms with Crippen molar-refractivity contribution in [2.45, 2.75) is 13.3 Å². The van der Waals surface area contributed by atoms with Gasteiger partial charge in [-0.15, -0.1) is 12.3 Å². The lowest BCUT2D eigenvalue weighted by atomic mass is 10.3. The number of anilines is 1. The average molecular weight is 191 g/mol. The molecule has 66 valence electrons. The van der Waals surface area contributed by atoms with Gasteiger partial charge in [0.1, 0.15) is 16.6 Å². The second-order valence-corrected chi connectivity index (χ2v) is 3.24. The van der Waals surface area contributed by atoms with Crippen LogP contribution in [0.4, 0.5) is 5.00 Å². The SMILES string of the molecule is C#CCCNc1snc(C)c1C#N. The van der Waals surface area contributed by atoms with Gasteiger partial charge in [0, 0.05) is 13.0 Å². The van der Waals surface area contributed by atoms with Crippen molar-refractivity contribution in [2.75, 3.05) is 11.9 Å². The molecular weight excluding hydrogens is 182 g/mol. The Labute approximate surface area is 81.6 Å². The summed E-state index contributed by atoms with van der Waals surface area (Å²) in [4.78, 5) is 0. The zero-order valence-corrected chi connectivity index (χ0v) is 8.11. The van der Waals surface area contributed by atoms with E-state index in [4.69, 9.17) is 11.7 Å². The Morgan fingerprint density at radius 1 is 1.69 bits per heavy atom. The average Bonchev–Trinajstić information content (AvgIpc) is 2.47. The minimum absolute atomic E-state index is 0.627. The largest absolute Gasteiger partial charge is 0.374 e. The Hall–Kier alpha value is -1.52. The Balaban J connectivity index is 2.68. The molecule has 1 rings (SSSR count). The molecule has 0 amide bonds. The maximum Gasteiger partial charge on any atom is 0.127 e. The van der Waals surface area contributed by atoms with E-state index in [1.165, 1.54) is 11.5 Å². The van der Waals surface area contributed by atoms with Gasteiger partial charge in [-0.25, -0.2) is 0 Å². The first-order chi connectivity index (χ1) is 6.29. The van der Waals surface area contributed by atoms with E-state index in [0.717, 1.165) is 10.7 Å². The molecule has 0 unspecified atom stereocenters. The first-order valence-electron chi connectivity index (χ1n) is 3.83. The Bertz CT molecular complexity index is 367. The minimum atomic E-state index is 0.627. The number of nitriles is 1. The molecule has 0 radical (unpaired) electrons. The minimum Gasteiger partial charge on any atom is -0.374 e. The number of aryl methyl sites for hydroxylation is 1. The number of aromatic nitrogens is 1. The van der Waals surface area contributed by atoms with Gasteiger partial charge in [-0.3, -0.25) is 0 Å². The van der Waals surface area contributed by atoms with Crippen molar-refractivity contribution in [3.05, 3.63) is 11.3 Å². The van der Waals surface area contributed by atoms with Crippen molar-refractivity contribution < 1.29 is 0 Å². The fourth-order valence-electron chi connectivity index (χ4n) is 0.870. The van der Waals surface area contributed by atoms with Crippen molar-refractivity contribution in [3.63, 3.8) is 0 Å². The molecule has 1 heterocycles. The molecule has 1 N–H and O–H groups in total. The summed E-state index contributed by atoms with van der Waals surface area (Å²) in [5.41, 5.74) is 1.40. The van der Waals surface area contributed by atoms with Crippen molar-refractivity contribution in [3.8, 4) is 18.4 Å². The van der Waals surface area contributed by atoms with Crippen LogP contribution in [0.25, 0.3) is 0 Å². The van der Waals surface area contributed by atoms with Gasteiger partial charge in [-0.05, 0) is 18.5 Å². The van der Waals surface area contributed by atoms with Gasteiger partial charge in [0.15, 0.2) is 0 Å². The standard InChI is InChI=1S/C9H9N3S/c1-3-4-5-11-9-8(6-10)7(2)12-13-9/h1,11H,4-5H2,2H3. The summed E-state index contributed by atoms with van der Waals surface area (Å²) in [7, 11) is 0. The summed E-state index contributed by atoms with van der Waals surface area (Å²) >= 11 is 1.30. The molecule has 0 aromatic carbocycles. The highest BCUT2D eigenvalue weighted by Crippen LogP contribution is 2.22. The summed E-state index contributed by atoms with van der Waals surface area (Å²) in [6.45, 7) is 2.51. The van der Waals surface area contributed by atoms with Crippen molar-refractivity contribution in [2.24, 2.45) is 0 Å². The predicted octanol–water partition coefficient (Wildman–Crippen LogP) is 1.76. The summed E-state index contributed by atoms with van der Waals surface area (Å²) in [6, 6.07) is 2.10. The van der Waals surface area contributed by atoms with Gasteiger partial charge < -0.3 is 5.32 Å². The third kappa shape index (κ3) is 2.21. The molecule has 1 aromatic heterocycles. The Morgan fingerprint density at radius 2 is 2.46 bits per heavy atom. The lowest BCUT2D eigenvalue weighted by Crippen LogP contribution is -1.99. The molecule has 0 fully saturated rings. The number of nitrogens with one attached hydrogen (secondary N) is 1. The molecule has 0 aliphatic carbocycles. The van der Waals surface area contributed by atoms with Crippen LogP contribution in [-0.2, 0) is 0 Å².